The largest absolute Gasteiger partial charge is 0.350 e. The summed E-state index contributed by atoms with van der Waals surface area (Å²) in [5.74, 6) is -0.560. The Labute approximate surface area is 162 Å². The molecule has 0 saturated carbocycles. The normalized spacial score (nSPS) is 10.7. The molecule has 1 aromatic heterocycles. The van der Waals surface area contributed by atoms with Crippen LogP contribution in [0.3, 0.4) is 0 Å². The molecule has 0 saturated heterocycles. The molecular formula is C21H21N3O2S. The van der Waals surface area contributed by atoms with Gasteiger partial charge in [0.15, 0.2) is 0 Å². The fourth-order valence-corrected chi connectivity index (χ4v) is 3.52. The van der Waals surface area contributed by atoms with Gasteiger partial charge in [-0.05, 0) is 38.5 Å². The van der Waals surface area contributed by atoms with Crippen LogP contribution in [0.2, 0.25) is 0 Å². The highest BCUT2D eigenvalue weighted by atomic mass is 32.1. The minimum absolute atomic E-state index is 0.0106. The number of aromatic nitrogens is 1. The Morgan fingerprint density at radius 2 is 1.70 bits per heavy atom. The van der Waals surface area contributed by atoms with Crippen LogP contribution in [-0.4, -0.2) is 22.8 Å². The number of carbonyl (C=O) groups is 2. The van der Waals surface area contributed by atoms with Crippen molar-refractivity contribution in [3.05, 3.63) is 70.7 Å². The summed E-state index contributed by atoms with van der Waals surface area (Å²) in [6, 6.07) is 14.9. The van der Waals surface area contributed by atoms with Crippen molar-refractivity contribution in [2.45, 2.75) is 26.8 Å². The van der Waals surface area contributed by atoms with Crippen LogP contribution < -0.4 is 10.6 Å². The number of carbonyl (C=O) groups excluding carboxylic acids is 2. The summed E-state index contributed by atoms with van der Waals surface area (Å²) in [6.45, 7) is 5.79. The fourth-order valence-electron chi connectivity index (χ4n) is 2.63. The first-order chi connectivity index (χ1) is 13.0. The van der Waals surface area contributed by atoms with Crippen molar-refractivity contribution >= 4 is 28.8 Å². The smallest absolute Gasteiger partial charge is 0.275 e. The Bertz CT molecular complexity index is 979. The lowest BCUT2D eigenvalue weighted by molar-refractivity contribution is 0.0944. The zero-order chi connectivity index (χ0) is 19.4. The van der Waals surface area contributed by atoms with Gasteiger partial charge in [0.05, 0.1) is 11.3 Å². The van der Waals surface area contributed by atoms with Gasteiger partial charge in [0.25, 0.3) is 11.8 Å². The van der Waals surface area contributed by atoms with Crippen LogP contribution >= 0.6 is 11.3 Å². The summed E-state index contributed by atoms with van der Waals surface area (Å²) >= 11 is 1.42. The van der Waals surface area contributed by atoms with Gasteiger partial charge < -0.3 is 10.6 Å². The van der Waals surface area contributed by atoms with E-state index in [1.54, 1.807) is 29.6 Å². The summed E-state index contributed by atoms with van der Waals surface area (Å²) in [5, 5.41) is 8.17. The van der Waals surface area contributed by atoms with Crippen molar-refractivity contribution in [3.8, 4) is 10.6 Å². The molecular weight excluding hydrogens is 358 g/mol. The van der Waals surface area contributed by atoms with Crippen molar-refractivity contribution in [2.24, 2.45) is 0 Å². The molecule has 2 aromatic carbocycles. The van der Waals surface area contributed by atoms with Gasteiger partial charge in [0.2, 0.25) is 0 Å². The number of amides is 2. The van der Waals surface area contributed by atoms with Crippen LogP contribution in [0.4, 0.5) is 5.69 Å². The second-order valence-corrected chi connectivity index (χ2v) is 7.34. The molecule has 0 aliphatic rings. The Balaban J connectivity index is 1.81. The summed E-state index contributed by atoms with van der Waals surface area (Å²) in [5.41, 5.74) is 3.34. The van der Waals surface area contributed by atoms with Crippen molar-refractivity contribution in [1.82, 2.24) is 10.3 Å². The SMILES string of the molecule is Cc1ccccc1-c1nc(C(=O)Nc2ccccc2C(=O)NC(C)C)cs1. The van der Waals surface area contributed by atoms with Crippen LogP contribution in [0.5, 0.6) is 0 Å². The number of thiazole rings is 1. The highest BCUT2D eigenvalue weighted by Crippen LogP contribution is 2.27. The van der Waals surface area contributed by atoms with E-state index in [1.165, 1.54) is 11.3 Å². The van der Waals surface area contributed by atoms with E-state index in [2.05, 4.69) is 15.6 Å². The maximum atomic E-state index is 12.6. The summed E-state index contributed by atoms with van der Waals surface area (Å²) in [4.78, 5) is 29.5. The summed E-state index contributed by atoms with van der Waals surface area (Å²) < 4.78 is 0. The van der Waals surface area contributed by atoms with E-state index in [9.17, 15) is 9.59 Å². The molecule has 0 fully saturated rings. The third-order valence-electron chi connectivity index (χ3n) is 3.95. The zero-order valence-electron chi connectivity index (χ0n) is 15.4. The van der Waals surface area contributed by atoms with E-state index in [1.807, 2.05) is 45.0 Å². The first-order valence-corrected chi connectivity index (χ1v) is 9.56. The van der Waals surface area contributed by atoms with Crippen LogP contribution in [0.1, 0.15) is 40.3 Å². The Hall–Kier alpha value is -2.99. The summed E-state index contributed by atoms with van der Waals surface area (Å²) in [6.07, 6.45) is 0. The number of para-hydroxylation sites is 1. The van der Waals surface area contributed by atoms with Gasteiger partial charge in [0.1, 0.15) is 10.7 Å². The molecule has 0 spiro atoms. The lowest BCUT2D eigenvalue weighted by atomic mass is 10.1. The van der Waals surface area contributed by atoms with E-state index >= 15 is 0 Å². The number of hydrogen-bond acceptors (Lipinski definition) is 4. The number of benzene rings is 2. The number of aryl methyl sites for hydroxylation is 1. The molecule has 3 aromatic rings. The minimum atomic E-state index is -0.337. The van der Waals surface area contributed by atoms with Gasteiger partial charge >= 0.3 is 0 Å². The van der Waals surface area contributed by atoms with Gasteiger partial charge in [-0.2, -0.15) is 0 Å². The first kappa shape index (κ1) is 18.8. The minimum Gasteiger partial charge on any atom is -0.350 e. The fraction of sp³-hybridized carbons (Fsp3) is 0.190. The van der Waals surface area contributed by atoms with Gasteiger partial charge in [-0.15, -0.1) is 11.3 Å². The van der Waals surface area contributed by atoms with Crippen molar-refractivity contribution < 1.29 is 9.59 Å². The highest BCUT2D eigenvalue weighted by Gasteiger charge is 2.17. The maximum absolute atomic E-state index is 12.6. The lowest BCUT2D eigenvalue weighted by Crippen LogP contribution is -2.31. The predicted molar refractivity (Wildman–Crippen MR) is 109 cm³/mol. The molecule has 2 amide bonds. The van der Waals surface area contributed by atoms with E-state index in [0.29, 0.717) is 16.9 Å². The van der Waals surface area contributed by atoms with Gasteiger partial charge in [-0.25, -0.2) is 4.98 Å². The van der Waals surface area contributed by atoms with Gasteiger partial charge in [0, 0.05) is 17.0 Å². The molecule has 2 N–H and O–H groups in total. The molecule has 1 heterocycles. The van der Waals surface area contributed by atoms with Crippen LogP contribution in [0.15, 0.2) is 53.9 Å². The Morgan fingerprint density at radius 1 is 1.00 bits per heavy atom. The predicted octanol–water partition coefficient (Wildman–Crippen LogP) is 4.51. The number of nitrogens with one attached hydrogen (secondary N) is 2. The monoisotopic (exact) mass is 379 g/mol. The molecule has 138 valence electrons. The molecule has 0 radical (unpaired) electrons. The van der Waals surface area contributed by atoms with Gasteiger partial charge in [-0.1, -0.05) is 36.4 Å². The number of rotatable bonds is 5. The number of nitrogens with zero attached hydrogens (tertiary/aromatic N) is 1. The van der Waals surface area contributed by atoms with E-state index in [4.69, 9.17) is 0 Å². The van der Waals surface area contributed by atoms with Crippen molar-refractivity contribution in [2.75, 3.05) is 5.32 Å². The molecule has 3 rings (SSSR count). The maximum Gasteiger partial charge on any atom is 0.275 e. The third-order valence-corrected chi connectivity index (χ3v) is 4.83. The topological polar surface area (TPSA) is 71.1 Å². The Kier molecular flexibility index (Phi) is 5.66. The number of anilines is 1. The van der Waals surface area contributed by atoms with E-state index in [0.717, 1.165) is 16.1 Å². The first-order valence-electron chi connectivity index (χ1n) is 8.68. The highest BCUT2D eigenvalue weighted by molar-refractivity contribution is 7.13. The van der Waals surface area contributed by atoms with Crippen LogP contribution in [0, 0.1) is 6.92 Å². The molecule has 0 atom stereocenters. The molecule has 0 aliphatic heterocycles. The third kappa shape index (κ3) is 4.41. The van der Waals surface area contributed by atoms with Gasteiger partial charge in [-0.3, -0.25) is 9.59 Å². The molecule has 5 nitrogen and oxygen atoms in total. The second kappa shape index (κ2) is 8.14. The quantitative estimate of drug-likeness (QED) is 0.685. The average Bonchev–Trinajstić information content (AvgIpc) is 3.12. The lowest BCUT2D eigenvalue weighted by Gasteiger charge is -2.12. The molecule has 0 aliphatic carbocycles. The molecule has 0 unspecified atom stereocenters. The van der Waals surface area contributed by atoms with E-state index in [-0.39, 0.29) is 17.9 Å². The van der Waals surface area contributed by atoms with Crippen molar-refractivity contribution in [1.29, 1.82) is 0 Å². The van der Waals surface area contributed by atoms with Crippen LogP contribution in [0.25, 0.3) is 10.6 Å². The zero-order valence-corrected chi connectivity index (χ0v) is 16.3. The molecule has 6 heteroatoms. The van der Waals surface area contributed by atoms with Crippen LogP contribution in [-0.2, 0) is 0 Å². The standard InChI is InChI=1S/C21H21N3O2S/c1-13(2)22-19(25)16-10-6-7-11-17(16)23-20(26)18-12-27-21(24-18)15-9-5-4-8-14(15)3/h4-13H,1-3H3,(H,22,25)(H,23,26). The second-order valence-electron chi connectivity index (χ2n) is 6.48. The average molecular weight is 379 g/mol. The Morgan fingerprint density at radius 3 is 2.44 bits per heavy atom. The van der Waals surface area contributed by atoms with Crippen molar-refractivity contribution in [3.63, 3.8) is 0 Å². The molecule has 0 bridgehead atoms. The summed E-state index contributed by atoms with van der Waals surface area (Å²) in [7, 11) is 0. The molecule has 27 heavy (non-hydrogen) atoms. The van der Waals surface area contributed by atoms with E-state index < -0.39 is 0 Å². The number of hydrogen-bond donors (Lipinski definition) is 2.